The van der Waals surface area contributed by atoms with Crippen molar-refractivity contribution >= 4 is 61.1 Å². The topological polar surface area (TPSA) is 75.8 Å². The van der Waals surface area contributed by atoms with Gasteiger partial charge in [0.15, 0.2) is 0 Å². The standard InChI is InChI=1S/C22H13Br2N3O3/c23-16-7-5-14(6-8-16)21-25-19(13-15-3-1-2-4-20(15)27(29)30)22(28)26(21)18-11-9-17(24)10-12-18/h1-13H/b19-13+. The summed E-state index contributed by atoms with van der Waals surface area (Å²) in [4.78, 5) is 30.2. The molecule has 0 bridgehead atoms. The molecule has 30 heavy (non-hydrogen) atoms. The van der Waals surface area contributed by atoms with Gasteiger partial charge in [-0.3, -0.25) is 19.8 Å². The van der Waals surface area contributed by atoms with Gasteiger partial charge < -0.3 is 0 Å². The van der Waals surface area contributed by atoms with Gasteiger partial charge >= 0.3 is 0 Å². The maximum Gasteiger partial charge on any atom is 0.282 e. The van der Waals surface area contributed by atoms with Crippen LogP contribution in [0.4, 0.5) is 11.4 Å². The molecule has 4 rings (SSSR count). The van der Waals surface area contributed by atoms with Crippen LogP contribution in [0, 0.1) is 10.1 Å². The number of anilines is 1. The predicted molar refractivity (Wildman–Crippen MR) is 123 cm³/mol. The lowest BCUT2D eigenvalue weighted by Gasteiger charge is -2.18. The fourth-order valence-corrected chi connectivity index (χ4v) is 3.59. The van der Waals surface area contributed by atoms with Gasteiger partial charge in [0.2, 0.25) is 0 Å². The number of nitro benzene ring substituents is 1. The second kappa shape index (κ2) is 8.33. The van der Waals surface area contributed by atoms with Crippen LogP contribution in [0.2, 0.25) is 0 Å². The van der Waals surface area contributed by atoms with Crippen molar-refractivity contribution in [3.05, 3.63) is 109 Å². The summed E-state index contributed by atoms with van der Waals surface area (Å²) in [5.41, 5.74) is 1.77. The first-order valence-corrected chi connectivity index (χ1v) is 10.4. The number of amidine groups is 1. The van der Waals surface area contributed by atoms with Crippen molar-refractivity contribution in [3.8, 4) is 0 Å². The fourth-order valence-electron chi connectivity index (χ4n) is 3.06. The number of aliphatic imine (C=N–C) groups is 1. The molecule has 3 aromatic carbocycles. The van der Waals surface area contributed by atoms with E-state index >= 15 is 0 Å². The van der Waals surface area contributed by atoms with Crippen molar-refractivity contribution in [1.29, 1.82) is 0 Å². The highest BCUT2D eigenvalue weighted by atomic mass is 79.9. The molecule has 0 saturated carbocycles. The van der Waals surface area contributed by atoms with Gasteiger partial charge in [0.05, 0.1) is 16.2 Å². The number of hydrogen-bond donors (Lipinski definition) is 0. The lowest BCUT2D eigenvalue weighted by atomic mass is 10.1. The Balaban J connectivity index is 1.85. The Morgan fingerprint density at radius 3 is 2.13 bits per heavy atom. The van der Waals surface area contributed by atoms with Crippen molar-refractivity contribution in [1.82, 2.24) is 0 Å². The van der Waals surface area contributed by atoms with Gasteiger partial charge in [-0.2, -0.15) is 0 Å². The number of benzene rings is 3. The third-order valence-corrected chi connectivity index (χ3v) is 5.53. The lowest BCUT2D eigenvalue weighted by Crippen LogP contribution is -2.32. The van der Waals surface area contributed by atoms with Gasteiger partial charge in [0, 0.05) is 20.6 Å². The molecule has 0 aliphatic carbocycles. The molecular weight excluding hydrogens is 514 g/mol. The molecule has 0 radical (unpaired) electrons. The molecule has 0 aromatic heterocycles. The number of carbonyl (C=O) groups is 1. The van der Waals surface area contributed by atoms with E-state index in [1.165, 1.54) is 17.0 Å². The molecule has 3 aromatic rings. The number of carbonyl (C=O) groups excluding carboxylic acids is 1. The van der Waals surface area contributed by atoms with E-state index < -0.39 is 4.92 Å². The highest BCUT2D eigenvalue weighted by Crippen LogP contribution is 2.30. The van der Waals surface area contributed by atoms with Crippen LogP contribution >= 0.6 is 31.9 Å². The van der Waals surface area contributed by atoms with E-state index in [-0.39, 0.29) is 17.3 Å². The number of amides is 1. The molecule has 0 spiro atoms. The number of nitrogens with zero attached hydrogens (tertiary/aromatic N) is 3. The minimum Gasteiger partial charge on any atom is -0.266 e. The van der Waals surface area contributed by atoms with Crippen LogP contribution in [-0.4, -0.2) is 16.7 Å². The molecule has 0 N–H and O–H groups in total. The van der Waals surface area contributed by atoms with E-state index in [1.54, 1.807) is 18.2 Å². The van der Waals surface area contributed by atoms with Crippen molar-refractivity contribution in [2.45, 2.75) is 0 Å². The first-order valence-electron chi connectivity index (χ1n) is 8.84. The van der Waals surface area contributed by atoms with Crippen molar-refractivity contribution in [2.24, 2.45) is 4.99 Å². The monoisotopic (exact) mass is 525 g/mol. The van der Waals surface area contributed by atoms with E-state index in [4.69, 9.17) is 0 Å². The van der Waals surface area contributed by atoms with Crippen molar-refractivity contribution in [2.75, 3.05) is 4.90 Å². The largest absolute Gasteiger partial charge is 0.282 e. The van der Waals surface area contributed by atoms with Gasteiger partial charge in [-0.05, 0) is 48.5 Å². The molecule has 1 amide bonds. The number of nitro groups is 1. The summed E-state index contributed by atoms with van der Waals surface area (Å²) < 4.78 is 1.79. The predicted octanol–water partition coefficient (Wildman–Crippen LogP) is 5.95. The zero-order valence-electron chi connectivity index (χ0n) is 15.3. The van der Waals surface area contributed by atoms with Crippen LogP contribution in [0.5, 0.6) is 0 Å². The van der Waals surface area contributed by atoms with Gasteiger partial charge in [-0.1, -0.05) is 56.1 Å². The number of rotatable bonds is 4. The van der Waals surface area contributed by atoms with Crippen molar-refractivity contribution in [3.63, 3.8) is 0 Å². The Morgan fingerprint density at radius 2 is 1.50 bits per heavy atom. The van der Waals surface area contributed by atoms with Gasteiger partial charge in [-0.25, -0.2) is 4.99 Å². The zero-order chi connectivity index (χ0) is 21.3. The zero-order valence-corrected chi connectivity index (χ0v) is 18.5. The summed E-state index contributed by atoms with van der Waals surface area (Å²) >= 11 is 6.81. The first kappa shape index (κ1) is 20.2. The molecule has 0 atom stereocenters. The Bertz CT molecular complexity index is 1200. The summed E-state index contributed by atoms with van der Waals surface area (Å²) in [5, 5.41) is 11.3. The summed E-state index contributed by atoms with van der Waals surface area (Å²) in [6.07, 6.45) is 1.46. The minimum absolute atomic E-state index is 0.0831. The molecule has 148 valence electrons. The maximum atomic E-state index is 13.3. The highest BCUT2D eigenvalue weighted by Gasteiger charge is 2.33. The van der Waals surface area contributed by atoms with Crippen LogP contribution in [0.25, 0.3) is 6.08 Å². The number of halogens is 2. The average Bonchev–Trinajstić information content (AvgIpc) is 3.05. The Hall–Kier alpha value is -3.10. The van der Waals surface area contributed by atoms with Gasteiger partial charge in [0.1, 0.15) is 11.5 Å². The third kappa shape index (κ3) is 3.96. The minimum atomic E-state index is -0.475. The van der Waals surface area contributed by atoms with E-state index in [9.17, 15) is 14.9 Å². The second-order valence-corrected chi connectivity index (χ2v) is 8.24. The normalized spacial score (nSPS) is 14.9. The number of para-hydroxylation sites is 1. The van der Waals surface area contributed by atoms with E-state index in [1.807, 2.05) is 48.5 Å². The van der Waals surface area contributed by atoms with Gasteiger partial charge in [0.25, 0.3) is 11.6 Å². The van der Waals surface area contributed by atoms with Crippen LogP contribution in [-0.2, 0) is 4.79 Å². The smallest absolute Gasteiger partial charge is 0.266 e. The fraction of sp³-hybridized carbons (Fsp3) is 0. The molecular formula is C22H13Br2N3O3. The maximum absolute atomic E-state index is 13.3. The average molecular weight is 527 g/mol. The summed E-state index contributed by atoms with van der Waals surface area (Å²) in [5.74, 6) is 0.105. The highest BCUT2D eigenvalue weighted by molar-refractivity contribution is 9.10. The molecule has 6 nitrogen and oxygen atoms in total. The molecule has 1 aliphatic rings. The Labute approximate surface area is 189 Å². The van der Waals surface area contributed by atoms with Crippen molar-refractivity contribution < 1.29 is 9.72 Å². The van der Waals surface area contributed by atoms with E-state index in [0.29, 0.717) is 17.1 Å². The van der Waals surface area contributed by atoms with Crippen LogP contribution in [0.15, 0.2) is 92.4 Å². The Kier molecular flexibility index (Phi) is 5.61. The van der Waals surface area contributed by atoms with E-state index in [2.05, 4.69) is 36.9 Å². The lowest BCUT2D eigenvalue weighted by molar-refractivity contribution is -0.385. The third-order valence-electron chi connectivity index (χ3n) is 4.47. The SMILES string of the molecule is O=C1/C(=C\c2ccccc2[N+](=O)[O-])N=C(c2ccc(Br)cc2)N1c1ccc(Br)cc1. The quantitative estimate of drug-likeness (QED) is 0.239. The van der Waals surface area contributed by atoms with E-state index in [0.717, 1.165) is 14.5 Å². The molecule has 1 aliphatic heterocycles. The van der Waals surface area contributed by atoms with Crippen LogP contribution in [0.3, 0.4) is 0 Å². The summed E-state index contributed by atoms with van der Waals surface area (Å²) in [6, 6.07) is 21.0. The van der Waals surface area contributed by atoms with Crippen LogP contribution < -0.4 is 4.90 Å². The molecule has 0 unspecified atom stereocenters. The molecule has 1 heterocycles. The first-order chi connectivity index (χ1) is 14.4. The Morgan fingerprint density at radius 1 is 0.900 bits per heavy atom. The summed E-state index contributed by atoms with van der Waals surface area (Å²) in [7, 11) is 0. The summed E-state index contributed by atoms with van der Waals surface area (Å²) in [6.45, 7) is 0. The molecule has 0 fully saturated rings. The molecule has 0 saturated heterocycles. The molecule has 8 heteroatoms. The number of hydrogen-bond acceptors (Lipinski definition) is 4. The second-order valence-electron chi connectivity index (χ2n) is 6.40. The van der Waals surface area contributed by atoms with Crippen LogP contribution in [0.1, 0.15) is 11.1 Å². The van der Waals surface area contributed by atoms with Gasteiger partial charge in [-0.15, -0.1) is 0 Å².